The molecule has 73 heavy (non-hydrogen) atoms. The minimum Gasteiger partial charge on any atom is -0.333 e. The van der Waals surface area contributed by atoms with E-state index in [0.29, 0.717) is 45.1 Å². The minimum absolute atomic E-state index is 0.121. The minimum atomic E-state index is -4.79. The highest BCUT2D eigenvalue weighted by Crippen LogP contribution is 2.48. The maximum Gasteiger partial charge on any atom is 0.435 e. The Morgan fingerprint density at radius 2 is 1.21 bits per heavy atom. The number of amides is 2. The Morgan fingerprint density at radius 3 is 1.62 bits per heavy atom. The molecule has 6 heterocycles. The van der Waals surface area contributed by atoms with Crippen LogP contribution in [-0.2, 0) is 42.1 Å². The maximum atomic E-state index is 15.4. The second-order valence-electron chi connectivity index (χ2n) is 18.0. The van der Waals surface area contributed by atoms with Gasteiger partial charge in [0.25, 0.3) is 0 Å². The van der Waals surface area contributed by atoms with E-state index in [1.54, 1.807) is 47.9 Å². The van der Waals surface area contributed by atoms with Crippen molar-refractivity contribution in [3.8, 4) is 34.4 Å². The summed E-state index contributed by atoms with van der Waals surface area (Å²) in [7, 11) is 8.82. The van der Waals surface area contributed by atoms with E-state index < -0.39 is 52.8 Å². The van der Waals surface area contributed by atoms with Crippen molar-refractivity contribution in [1.29, 1.82) is 10.5 Å². The molecule has 2 aromatic carbocycles. The number of benzene rings is 2. The fraction of sp³-hybridized carbons (Fsp3) is 0.333. The Kier molecular flexibility index (Phi) is 15.9. The number of aromatic amines is 1. The lowest BCUT2D eigenvalue weighted by Gasteiger charge is -2.34. The fourth-order valence-corrected chi connectivity index (χ4v) is 11.6. The molecule has 12 nitrogen and oxygen atoms in total. The van der Waals surface area contributed by atoms with Crippen LogP contribution >= 0.6 is 22.7 Å². The predicted octanol–water partition coefficient (Wildman–Crippen LogP) is 10.1. The van der Waals surface area contributed by atoms with E-state index in [9.17, 15) is 46.5 Å². The van der Waals surface area contributed by atoms with Gasteiger partial charge in [-0.3, -0.25) is 19.4 Å². The zero-order valence-corrected chi connectivity index (χ0v) is 42.1. The highest BCUT2D eigenvalue weighted by atomic mass is 32.1. The molecule has 0 saturated carbocycles. The Balaban J connectivity index is 0.000000214. The molecule has 6 aromatic rings. The lowest BCUT2D eigenvalue weighted by molar-refractivity contribution is -0.141. The van der Waals surface area contributed by atoms with Gasteiger partial charge in [-0.1, -0.05) is 36.4 Å². The molecule has 2 aliphatic rings. The number of nitriles is 2. The smallest absolute Gasteiger partial charge is 0.333 e. The highest BCUT2D eigenvalue weighted by Gasteiger charge is 2.42. The molecule has 4 aromatic heterocycles. The summed E-state index contributed by atoms with van der Waals surface area (Å²) in [6.07, 6.45) is -1.08. The maximum absolute atomic E-state index is 15.4. The summed E-state index contributed by atoms with van der Waals surface area (Å²) in [5, 5.41) is 28.3. The van der Waals surface area contributed by atoms with Crippen molar-refractivity contribution >= 4 is 34.5 Å². The normalized spacial score (nSPS) is 15.9. The molecule has 0 saturated heterocycles. The molecule has 382 valence electrons. The number of H-pyrrole nitrogens is 1. The first kappa shape index (κ1) is 53.8. The van der Waals surface area contributed by atoms with Crippen LogP contribution in [0.4, 0.5) is 35.1 Å². The molecule has 8 rings (SSSR count). The van der Waals surface area contributed by atoms with Gasteiger partial charge in [0.1, 0.15) is 39.2 Å². The number of aryl methyl sites for hydroxylation is 1. The van der Waals surface area contributed by atoms with Gasteiger partial charge in [0.15, 0.2) is 5.69 Å². The second kappa shape index (κ2) is 21.6. The van der Waals surface area contributed by atoms with E-state index >= 15 is 8.78 Å². The number of aromatic nitrogens is 4. The molecule has 2 aliphatic heterocycles. The van der Waals surface area contributed by atoms with Crippen LogP contribution in [0.15, 0.2) is 73.1 Å². The lowest BCUT2D eigenvalue weighted by atomic mass is 9.81. The number of rotatable bonds is 10. The van der Waals surface area contributed by atoms with E-state index in [4.69, 9.17) is 0 Å². The molecule has 0 unspecified atom stereocenters. The highest BCUT2D eigenvalue weighted by molar-refractivity contribution is 7.13. The van der Waals surface area contributed by atoms with E-state index in [2.05, 4.69) is 22.3 Å². The molecular formula is C51H48F8N10O2S2. The largest absolute Gasteiger partial charge is 0.435 e. The number of nitrogens with one attached hydrogen (secondary N) is 1. The van der Waals surface area contributed by atoms with Crippen molar-refractivity contribution < 1.29 is 44.7 Å². The summed E-state index contributed by atoms with van der Waals surface area (Å²) in [6.45, 7) is 5.42. The zero-order chi connectivity index (χ0) is 53.3. The van der Waals surface area contributed by atoms with Crippen LogP contribution < -0.4 is 0 Å². The zero-order valence-electron chi connectivity index (χ0n) is 40.5. The van der Waals surface area contributed by atoms with Gasteiger partial charge in [-0.2, -0.15) is 47.1 Å². The van der Waals surface area contributed by atoms with Crippen molar-refractivity contribution in [3.63, 3.8) is 0 Å². The molecule has 2 atom stereocenters. The molecule has 0 bridgehead atoms. The van der Waals surface area contributed by atoms with Crippen molar-refractivity contribution in [2.75, 3.05) is 54.4 Å². The predicted molar refractivity (Wildman–Crippen MR) is 260 cm³/mol. The first-order valence-electron chi connectivity index (χ1n) is 22.5. The lowest BCUT2D eigenvalue weighted by Crippen LogP contribution is -2.37. The number of carbonyl (C=O) groups is 2. The fourth-order valence-electron chi connectivity index (χ4n) is 9.22. The number of hydrogen-bond donors (Lipinski definition) is 1. The molecule has 22 heteroatoms. The average molecular weight is 1050 g/mol. The third-order valence-corrected chi connectivity index (χ3v) is 14.8. The van der Waals surface area contributed by atoms with Crippen molar-refractivity contribution in [2.45, 2.75) is 51.1 Å². The van der Waals surface area contributed by atoms with E-state index in [1.807, 2.05) is 43.1 Å². The SMILES string of the molecule is Cc1c(C#N)sc2c1[C@H](c1cccc(F)c1-c1cn(C)nc1C(F)(F)F)CN(C(=O)/C=C/CN(C)C)C2.Cc1c(C#N)sc2c1[C@H](c1cccc(F)c1-c1cn[nH]c1C(F)(F)F)CN(C(=O)/C=C/CN(C)C)C2. The third-order valence-electron chi connectivity index (χ3n) is 12.4. The van der Waals surface area contributed by atoms with Gasteiger partial charge in [0.2, 0.25) is 11.8 Å². The van der Waals surface area contributed by atoms with Crippen LogP contribution in [0, 0.1) is 48.1 Å². The Bertz CT molecular complexity index is 3200. The van der Waals surface area contributed by atoms with Crippen LogP contribution in [-0.4, -0.2) is 106 Å². The van der Waals surface area contributed by atoms with Gasteiger partial charge < -0.3 is 19.6 Å². The summed E-state index contributed by atoms with van der Waals surface area (Å²) in [6, 6.07) is 12.6. The first-order chi connectivity index (χ1) is 34.4. The number of hydrogen-bond acceptors (Lipinski definition) is 10. The number of likely N-dealkylation sites (N-methyl/N-ethyl adjacent to an activating group) is 2. The molecule has 2 amide bonds. The third kappa shape index (κ3) is 11.3. The van der Waals surface area contributed by atoms with Gasteiger partial charge in [0.05, 0.1) is 19.3 Å². The molecular weight excluding hydrogens is 1000 g/mol. The van der Waals surface area contributed by atoms with Crippen LogP contribution in [0.25, 0.3) is 22.3 Å². The van der Waals surface area contributed by atoms with Gasteiger partial charge >= 0.3 is 12.4 Å². The Hall–Kier alpha value is -6.98. The van der Waals surface area contributed by atoms with Gasteiger partial charge in [-0.25, -0.2) is 8.78 Å². The Labute approximate surface area is 423 Å². The van der Waals surface area contributed by atoms with Crippen molar-refractivity contribution in [1.82, 2.24) is 39.6 Å². The van der Waals surface area contributed by atoms with Crippen LogP contribution in [0.5, 0.6) is 0 Å². The molecule has 0 spiro atoms. The number of alkyl halides is 6. The van der Waals surface area contributed by atoms with Gasteiger partial charge in [-0.15, -0.1) is 22.7 Å². The first-order valence-corrected chi connectivity index (χ1v) is 24.1. The second-order valence-corrected chi connectivity index (χ2v) is 20.2. The number of halogens is 8. The van der Waals surface area contributed by atoms with E-state index in [0.717, 1.165) is 50.1 Å². The van der Waals surface area contributed by atoms with E-state index in [1.165, 1.54) is 54.0 Å². The average Bonchev–Trinajstić information content (AvgIpc) is 4.12. The standard InChI is InChI=1S/C26H25F4N5OS.C25H23F4N5OS/c1-15-20(11-31)37-21-14-35(22(36)9-6-10-33(2)3)13-17(23(15)21)16-7-5-8-19(27)24(16)18-12-34(4)32-25(18)26(28,29)30;1-14-19(10-30)36-20-13-34(21(35)8-5-9-33(2)3)12-17(22(14)20)15-6-4-7-18(26)23(15)16-11-31-32-24(16)25(27,28)29/h5-9,12,17H,10,13-14H2,1-4H3;4-8,11,17H,9,12-13H2,1-3H3,(H,31,32)/b9-6+;8-5+/t2*17-/m00/s1. The van der Waals surface area contributed by atoms with Crippen molar-refractivity contribution in [2.24, 2.45) is 7.05 Å². The molecule has 0 fully saturated rings. The summed E-state index contributed by atoms with van der Waals surface area (Å²) >= 11 is 2.50. The van der Waals surface area contributed by atoms with E-state index in [-0.39, 0.29) is 54.7 Å². The number of nitrogens with zero attached hydrogens (tertiary/aromatic N) is 9. The molecule has 0 radical (unpaired) electrons. The molecule has 1 N–H and O–H groups in total. The van der Waals surface area contributed by atoms with Crippen molar-refractivity contribution in [3.05, 3.63) is 149 Å². The number of fused-ring (bicyclic) bond motifs is 2. The van der Waals surface area contributed by atoms with Gasteiger partial charge in [0, 0.05) is 95.4 Å². The quantitative estimate of drug-likeness (QED) is 0.106. The summed E-state index contributed by atoms with van der Waals surface area (Å²) < 4.78 is 114. The van der Waals surface area contributed by atoms with Crippen LogP contribution in [0.3, 0.4) is 0 Å². The Morgan fingerprint density at radius 1 is 0.753 bits per heavy atom. The van der Waals surface area contributed by atoms with Crippen LogP contribution in [0.1, 0.15) is 76.1 Å². The number of thiophene rings is 2. The summed E-state index contributed by atoms with van der Waals surface area (Å²) in [4.78, 5) is 35.5. The topological polar surface area (TPSA) is 141 Å². The summed E-state index contributed by atoms with van der Waals surface area (Å²) in [5.74, 6) is -3.46. The molecule has 0 aliphatic carbocycles. The summed E-state index contributed by atoms with van der Waals surface area (Å²) in [5.41, 5.74) is -0.0433. The van der Waals surface area contributed by atoms with Gasteiger partial charge in [-0.05, 0) is 87.6 Å². The monoisotopic (exact) mass is 1050 g/mol. The number of carbonyl (C=O) groups excluding carboxylic acids is 2. The van der Waals surface area contributed by atoms with Crippen LogP contribution in [0.2, 0.25) is 0 Å².